The SMILES string of the molecule is CC1(C)c2cc(-c3cccc(-n4c5ccccc5c5ccccc54)c3)ccc2-c2nc(-c3ccccc3)nc(-c3ccccc3)c21.CC1(C)c2cc(Cl)ccc2-c2nc(-c3ccccc3)nc(-c3ccccc3)c21.O.O[B]c1cccc(-n2c3ccccc3c3ccccc32)c1. The minimum Gasteiger partial charge on any atom is -0.450 e. The van der Waals surface area contributed by atoms with Crippen molar-refractivity contribution in [3.05, 3.63) is 331 Å². The number of halogens is 1. The van der Waals surface area contributed by atoms with E-state index in [-0.39, 0.29) is 16.3 Å². The largest absolute Gasteiger partial charge is 0.450 e. The van der Waals surface area contributed by atoms with E-state index < -0.39 is 0 Å². The van der Waals surface area contributed by atoms with Gasteiger partial charge in [-0.3, -0.25) is 0 Å². The van der Waals surface area contributed by atoms with Crippen molar-refractivity contribution in [3.63, 3.8) is 0 Å². The molecule has 96 heavy (non-hydrogen) atoms. The smallest absolute Gasteiger partial charge is 0.326 e. The number of nitrogens with zero attached hydrogens (tertiary/aromatic N) is 6. The summed E-state index contributed by atoms with van der Waals surface area (Å²) in [5.41, 5.74) is 25.1. The van der Waals surface area contributed by atoms with Crippen molar-refractivity contribution in [3.8, 4) is 90.3 Å². The van der Waals surface area contributed by atoms with E-state index in [1.807, 2.05) is 66.7 Å². The Morgan fingerprint density at radius 2 is 0.667 bits per heavy atom. The van der Waals surface area contributed by atoms with Crippen molar-refractivity contribution < 1.29 is 10.5 Å². The van der Waals surface area contributed by atoms with Gasteiger partial charge in [0, 0.05) is 93.3 Å². The summed E-state index contributed by atoms with van der Waals surface area (Å²) in [6.45, 7) is 9.08. The van der Waals surface area contributed by atoms with Gasteiger partial charge < -0.3 is 19.6 Å². The van der Waals surface area contributed by atoms with Gasteiger partial charge in [0.15, 0.2) is 11.6 Å². The van der Waals surface area contributed by atoms with Gasteiger partial charge in [-0.1, -0.05) is 281 Å². The van der Waals surface area contributed by atoms with Crippen molar-refractivity contribution in [2.75, 3.05) is 0 Å². The van der Waals surface area contributed by atoms with Gasteiger partial charge in [0.1, 0.15) is 0 Å². The number of para-hydroxylation sites is 4. The minimum atomic E-state index is -0.286. The Hall–Kier alpha value is -11.3. The molecule has 3 N–H and O–H groups in total. The predicted octanol–water partition coefficient (Wildman–Crippen LogP) is 19.8. The van der Waals surface area contributed by atoms with Gasteiger partial charge in [0.25, 0.3) is 0 Å². The van der Waals surface area contributed by atoms with Crippen LogP contribution in [0.2, 0.25) is 5.02 Å². The molecule has 4 heterocycles. The molecule has 2 aliphatic rings. The molecule has 461 valence electrons. The van der Waals surface area contributed by atoms with Gasteiger partial charge in [-0.25, -0.2) is 19.9 Å². The highest BCUT2D eigenvalue weighted by atomic mass is 35.5. The molecular weight excluding hydrogens is 1200 g/mol. The first-order valence-corrected chi connectivity index (χ1v) is 32.6. The standard InChI is InChI=1S/C43H31N3.C25H19ClN2.C18H13BNO.H2O/c1-43(2)36-27-31(30-18-13-19-32(26-30)46-37-22-11-9-20-33(37)34-21-10-12-23-38(34)46)24-25-35(36)41-39(43)40(28-14-5-3-6-15-28)44-42(45-41)29-16-7-4-8-17-29;1-25(2)20-15-18(26)13-14-19(20)23-21(25)22(16-9-5-3-6-10-16)27-24(28-23)17-11-7-4-8-12-17;21-19-13-6-5-7-14(12-13)20-17-10-3-1-8-15(17)16-9-2-4-11-18(16)20;/h3-27H,1-2H3;3-15H,1-2H3;1-12,21H;1H2. The Balaban J connectivity index is 0.000000129. The van der Waals surface area contributed by atoms with E-state index in [0.717, 1.165) is 97.1 Å². The fourth-order valence-electron chi connectivity index (χ4n) is 14.5. The van der Waals surface area contributed by atoms with Crippen LogP contribution >= 0.6 is 11.6 Å². The molecule has 0 saturated heterocycles. The third-order valence-corrected chi connectivity index (χ3v) is 19.2. The van der Waals surface area contributed by atoms with Crippen LogP contribution in [-0.2, 0) is 10.8 Å². The molecule has 10 heteroatoms. The second-order valence-electron chi connectivity index (χ2n) is 25.4. The van der Waals surface area contributed by atoms with Gasteiger partial charge >= 0.3 is 7.48 Å². The van der Waals surface area contributed by atoms with Gasteiger partial charge in [-0.05, 0) is 89.0 Å². The van der Waals surface area contributed by atoms with Gasteiger partial charge in [-0.2, -0.15) is 0 Å². The molecule has 16 aromatic rings. The molecule has 8 nitrogen and oxygen atoms in total. The Morgan fingerprint density at radius 1 is 0.323 bits per heavy atom. The average Bonchev–Trinajstić information content (AvgIpc) is 1.57. The zero-order valence-electron chi connectivity index (χ0n) is 53.5. The van der Waals surface area contributed by atoms with Crippen LogP contribution in [-0.4, -0.2) is 47.1 Å². The second kappa shape index (κ2) is 24.9. The Morgan fingerprint density at radius 3 is 1.10 bits per heavy atom. The number of hydrogen-bond acceptors (Lipinski definition) is 5. The monoisotopic (exact) mass is 1260 g/mol. The van der Waals surface area contributed by atoms with Crippen LogP contribution < -0.4 is 5.46 Å². The topological polar surface area (TPSA) is 113 Å². The predicted molar refractivity (Wildman–Crippen MR) is 398 cm³/mol. The summed E-state index contributed by atoms with van der Waals surface area (Å²) in [4.78, 5) is 20.5. The first-order valence-electron chi connectivity index (χ1n) is 32.2. The van der Waals surface area contributed by atoms with Crippen molar-refractivity contribution in [1.82, 2.24) is 29.1 Å². The summed E-state index contributed by atoms with van der Waals surface area (Å²) < 4.78 is 4.62. The average molecular weight is 1260 g/mol. The second-order valence-corrected chi connectivity index (χ2v) is 25.9. The van der Waals surface area contributed by atoms with E-state index >= 15 is 0 Å². The van der Waals surface area contributed by atoms with E-state index in [1.165, 1.54) is 77.0 Å². The fraction of sp³-hybridized carbons (Fsp3) is 0.0698. The number of fused-ring (bicyclic) bond motifs is 12. The maximum atomic E-state index is 9.25. The molecule has 0 atom stereocenters. The molecule has 12 aromatic carbocycles. The number of benzene rings is 12. The summed E-state index contributed by atoms with van der Waals surface area (Å²) in [5.74, 6) is 1.50. The molecule has 4 aromatic heterocycles. The van der Waals surface area contributed by atoms with E-state index in [1.54, 1.807) is 0 Å². The highest BCUT2D eigenvalue weighted by Gasteiger charge is 2.42. The Kier molecular flexibility index (Phi) is 15.8. The molecule has 0 amide bonds. The van der Waals surface area contributed by atoms with Crippen LogP contribution in [0.4, 0.5) is 0 Å². The highest BCUT2D eigenvalue weighted by Crippen LogP contribution is 2.54. The lowest BCUT2D eigenvalue weighted by atomic mass is 9.80. The van der Waals surface area contributed by atoms with E-state index in [2.05, 4.69) is 273 Å². The van der Waals surface area contributed by atoms with Crippen LogP contribution in [0.5, 0.6) is 0 Å². The third-order valence-electron chi connectivity index (χ3n) is 19.0. The Labute approximate surface area is 563 Å². The summed E-state index contributed by atoms with van der Waals surface area (Å²) in [7, 11) is 1.14. The zero-order chi connectivity index (χ0) is 64.4. The third kappa shape index (κ3) is 10.5. The molecule has 1 radical (unpaired) electrons. The summed E-state index contributed by atoms with van der Waals surface area (Å²) in [5, 5.41) is 15.0. The summed E-state index contributed by atoms with van der Waals surface area (Å²) in [6.07, 6.45) is 0. The van der Waals surface area contributed by atoms with E-state index in [9.17, 15) is 5.02 Å². The first kappa shape index (κ1) is 60.9. The van der Waals surface area contributed by atoms with Gasteiger partial charge in [0.2, 0.25) is 0 Å². The Bertz CT molecular complexity index is 5510. The maximum Gasteiger partial charge on any atom is 0.326 e. The minimum absolute atomic E-state index is 0. The van der Waals surface area contributed by atoms with Crippen LogP contribution in [0.15, 0.2) is 303 Å². The van der Waals surface area contributed by atoms with Crippen LogP contribution in [0.1, 0.15) is 49.9 Å². The number of rotatable bonds is 8. The lowest BCUT2D eigenvalue weighted by molar-refractivity contribution is 0.615. The fourth-order valence-corrected chi connectivity index (χ4v) is 14.6. The van der Waals surface area contributed by atoms with E-state index in [4.69, 9.17) is 31.5 Å². The molecule has 2 aliphatic carbocycles. The van der Waals surface area contributed by atoms with Crippen LogP contribution in [0, 0.1) is 0 Å². The molecule has 0 unspecified atom stereocenters. The zero-order valence-corrected chi connectivity index (χ0v) is 54.2. The van der Waals surface area contributed by atoms with Crippen molar-refractivity contribution in [1.29, 1.82) is 0 Å². The first-order chi connectivity index (χ1) is 46.5. The molecule has 0 saturated carbocycles. The lowest BCUT2D eigenvalue weighted by Crippen LogP contribution is -2.17. The molecule has 0 fully saturated rings. The lowest BCUT2D eigenvalue weighted by Gasteiger charge is -2.24. The molecular formula is C86H65BClN6O2. The normalized spacial score (nSPS) is 12.8. The number of aromatic nitrogens is 6. The molecule has 18 rings (SSSR count). The van der Waals surface area contributed by atoms with Gasteiger partial charge in [-0.15, -0.1) is 0 Å². The van der Waals surface area contributed by atoms with Crippen molar-refractivity contribution in [2.45, 2.75) is 38.5 Å². The van der Waals surface area contributed by atoms with Crippen LogP contribution in [0.25, 0.3) is 134 Å². The number of hydrogen-bond donors (Lipinski definition) is 1. The summed E-state index contributed by atoms with van der Waals surface area (Å²) >= 11 is 6.34. The molecule has 0 aliphatic heterocycles. The van der Waals surface area contributed by atoms with Crippen molar-refractivity contribution in [2.24, 2.45) is 0 Å². The van der Waals surface area contributed by atoms with E-state index in [0.29, 0.717) is 0 Å². The summed E-state index contributed by atoms with van der Waals surface area (Å²) in [6, 6.07) is 105. The van der Waals surface area contributed by atoms with Crippen molar-refractivity contribution >= 4 is 68.2 Å². The maximum absolute atomic E-state index is 9.25. The quantitative estimate of drug-likeness (QED) is 0.152. The van der Waals surface area contributed by atoms with Gasteiger partial charge in [0.05, 0.1) is 44.8 Å². The molecule has 0 spiro atoms. The molecule has 0 bridgehead atoms. The highest BCUT2D eigenvalue weighted by molar-refractivity contribution is 6.45. The van der Waals surface area contributed by atoms with Crippen LogP contribution in [0.3, 0.4) is 0 Å².